The van der Waals surface area contributed by atoms with Crippen LogP contribution >= 0.6 is 0 Å². The summed E-state index contributed by atoms with van der Waals surface area (Å²) in [4.78, 5) is 7.33. The molecule has 0 spiro atoms. The number of nitrogens with one attached hydrogen (secondary N) is 1. The van der Waals surface area contributed by atoms with Crippen LogP contribution in [0.4, 0.5) is 0 Å². The number of H-pyrrole nitrogens is 1. The van der Waals surface area contributed by atoms with Gasteiger partial charge in [-0.2, -0.15) is 0 Å². The van der Waals surface area contributed by atoms with Crippen molar-refractivity contribution in [2.24, 2.45) is 0 Å². The number of aromatic amines is 1. The van der Waals surface area contributed by atoms with Gasteiger partial charge in [0.2, 0.25) is 0 Å². The Balaban J connectivity index is 2.25. The number of aliphatic hydroxyl groups is 1. The second-order valence-electron chi connectivity index (χ2n) is 3.60. The molecule has 0 saturated carbocycles. The fourth-order valence-electron chi connectivity index (χ4n) is 1.58. The molecule has 74 valence electrons. The minimum Gasteiger partial charge on any atom is -0.393 e. The second kappa shape index (κ2) is 3.80. The van der Waals surface area contributed by atoms with E-state index in [0.717, 1.165) is 23.9 Å². The van der Waals surface area contributed by atoms with Crippen LogP contribution in [0.3, 0.4) is 0 Å². The summed E-state index contributed by atoms with van der Waals surface area (Å²) in [7, 11) is 0. The first-order chi connectivity index (χ1) is 6.77. The molecule has 0 fully saturated rings. The third kappa shape index (κ3) is 1.77. The van der Waals surface area contributed by atoms with Crippen molar-refractivity contribution in [3.63, 3.8) is 0 Å². The topological polar surface area (TPSA) is 48.9 Å². The number of nitrogens with zero attached hydrogens (tertiary/aromatic N) is 1. The zero-order valence-corrected chi connectivity index (χ0v) is 8.20. The van der Waals surface area contributed by atoms with Crippen molar-refractivity contribution < 1.29 is 5.11 Å². The third-order valence-corrected chi connectivity index (χ3v) is 2.37. The Morgan fingerprint density at radius 3 is 3.21 bits per heavy atom. The molecule has 2 N–H and O–H groups in total. The summed E-state index contributed by atoms with van der Waals surface area (Å²) in [5.41, 5.74) is 2.15. The summed E-state index contributed by atoms with van der Waals surface area (Å²) in [5.74, 6) is 0. The van der Waals surface area contributed by atoms with Gasteiger partial charge in [-0.25, -0.2) is 4.98 Å². The lowest BCUT2D eigenvalue weighted by atomic mass is 10.1. The molecule has 2 rings (SSSR count). The SMILES string of the molecule is C[C@H](O)CCc1c[nH]c2ncccc12. The molecule has 3 heteroatoms. The van der Waals surface area contributed by atoms with E-state index in [2.05, 4.69) is 16.0 Å². The Bertz CT molecular complexity index is 420. The molecule has 0 aliphatic heterocycles. The van der Waals surface area contributed by atoms with Crippen LogP contribution in [-0.2, 0) is 6.42 Å². The van der Waals surface area contributed by atoms with Gasteiger partial charge in [0.05, 0.1) is 6.10 Å². The highest BCUT2D eigenvalue weighted by Gasteiger charge is 2.04. The first kappa shape index (κ1) is 9.21. The van der Waals surface area contributed by atoms with E-state index in [1.54, 1.807) is 6.20 Å². The maximum Gasteiger partial charge on any atom is 0.137 e. The number of hydrogen-bond acceptors (Lipinski definition) is 2. The highest BCUT2D eigenvalue weighted by molar-refractivity contribution is 5.79. The van der Waals surface area contributed by atoms with Gasteiger partial charge in [-0.1, -0.05) is 0 Å². The molecule has 2 aromatic rings. The fourth-order valence-corrected chi connectivity index (χ4v) is 1.58. The molecule has 0 aliphatic rings. The van der Waals surface area contributed by atoms with Gasteiger partial charge >= 0.3 is 0 Å². The second-order valence-corrected chi connectivity index (χ2v) is 3.60. The molecule has 14 heavy (non-hydrogen) atoms. The van der Waals surface area contributed by atoms with Gasteiger partial charge < -0.3 is 10.1 Å². The van der Waals surface area contributed by atoms with Crippen LogP contribution in [0.1, 0.15) is 18.9 Å². The van der Waals surface area contributed by atoms with Crippen LogP contribution in [-0.4, -0.2) is 21.2 Å². The van der Waals surface area contributed by atoms with E-state index < -0.39 is 0 Å². The molecule has 0 radical (unpaired) electrons. The number of aliphatic hydroxyl groups excluding tert-OH is 1. The summed E-state index contributed by atoms with van der Waals surface area (Å²) in [5, 5.41) is 10.4. The van der Waals surface area contributed by atoms with Crippen LogP contribution in [0.2, 0.25) is 0 Å². The molecule has 0 unspecified atom stereocenters. The lowest BCUT2D eigenvalue weighted by Crippen LogP contribution is -2.00. The van der Waals surface area contributed by atoms with Gasteiger partial charge in [-0.05, 0) is 37.5 Å². The quantitative estimate of drug-likeness (QED) is 0.776. The Labute approximate surface area is 82.8 Å². The van der Waals surface area contributed by atoms with Crippen molar-refractivity contribution in [2.75, 3.05) is 0 Å². The minimum absolute atomic E-state index is 0.239. The van der Waals surface area contributed by atoms with E-state index in [9.17, 15) is 5.11 Å². The number of hydrogen-bond donors (Lipinski definition) is 2. The predicted octanol–water partition coefficient (Wildman–Crippen LogP) is 1.88. The molecule has 0 aromatic carbocycles. The van der Waals surface area contributed by atoms with Crippen LogP contribution in [0.25, 0.3) is 11.0 Å². The van der Waals surface area contributed by atoms with Gasteiger partial charge in [-0.15, -0.1) is 0 Å². The van der Waals surface area contributed by atoms with Crippen molar-refractivity contribution in [3.8, 4) is 0 Å². The molecule has 0 bridgehead atoms. The van der Waals surface area contributed by atoms with E-state index in [0.29, 0.717) is 0 Å². The number of fused-ring (bicyclic) bond motifs is 1. The molecular formula is C11H14N2O. The summed E-state index contributed by atoms with van der Waals surface area (Å²) in [6, 6.07) is 3.98. The monoisotopic (exact) mass is 190 g/mol. The molecule has 0 saturated heterocycles. The Morgan fingerprint density at radius 1 is 1.57 bits per heavy atom. The summed E-state index contributed by atoms with van der Waals surface area (Å²) in [6.07, 6.45) is 5.19. The van der Waals surface area contributed by atoms with Crippen molar-refractivity contribution in [3.05, 3.63) is 30.1 Å². The van der Waals surface area contributed by atoms with Crippen LogP contribution in [0.5, 0.6) is 0 Å². The van der Waals surface area contributed by atoms with Crippen LogP contribution in [0, 0.1) is 0 Å². The van der Waals surface area contributed by atoms with E-state index in [4.69, 9.17) is 0 Å². The van der Waals surface area contributed by atoms with Gasteiger partial charge in [-0.3, -0.25) is 0 Å². The lowest BCUT2D eigenvalue weighted by molar-refractivity contribution is 0.185. The highest BCUT2D eigenvalue weighted by atomic mass is 16.3. The standard InChI is InChI=1S/C11H14N2O/c1-8(14)4-5-9-7-13-11-10(9)3-2-6-12-11/h2-3,6-8,14H,4-5H2,1H3,(H,12,13)/t8-/m0/s1. The zero-order valence-electron chi connectivity index (χ0n) is 8.20. The van der Waals surface area contributed by atoms with Crippen LogP contribution in [0.15, 0.2) is 24.5 Å². The molecule has 0 aliphatic carbocycles. The Morgan fingerprint density at radius 2 is 2.43 bits per heavy atom. The molecule has 1 atom stereocenters. The maximum atomic E-state index is 9.20. The summed E-state index contributed by atoms with van der Waals surface area (Å²) >= 11 is 0. The smallest absolute Gasteiger partial charge is 0.137 e. The van der Waals surface area contributed by atoms with Crippen molar-refractivity contribution in [1.29, 1.82) is 0 Å². The number of aromatic nitrogens is 2. The van der Waals surface area contributed by atoms with Gasteiger partial charge in [0.25, 0.3) is 0 Å². The molecule has 0 amide bonds. The molecular weight excluding hydrogens is 176 g/mol. The Hall–Kier alpha value is -1.35. The van der Waals surface area contributed by atoms with E-state index in [1.165, 1.54) is 5.56 Å². The fraction of sp³-hybridized carbons (Fsp3) is 0.364. The normalized spacial score (nSPS) is 13.3. The average molecular weight is 190 g/mol. The third-order valence-electron chi connectivity index (χ3n) is 2.37. The van der Waals surface area contributed by atoms with Crippen molar-refractivity contribution in [1.82, 2.24) is 9.97 Å². The lowest BCUT2D eigenvalue weighted by Gasteiger charge is -2.01. The highest BCUT2D eigenvalue weighted by Crippen LogP contribution is 2.17. The first-order valence-electron chi connectivity index (χ1n) is 4.86. The summed E-state index contributed by atoms with van der Waals surface area (Å²) in [6.45, 7) is 1.81. The number of rotatable bonds is 3. The van der Waals surface area contributed by atoms with E-state index in [-0.39, 0.29) is 6.10 Å². The van der Waals surface area contributed by atoms with Crippen molar-refractivity contribution in [2.45, 2.75) is 25.9 Å². The van der Waals surface area contributed by atoms with Gasteiger partial charge in [0, 0.05) is 17.8 Å². The van der Waals surface area contributed by atoms with Gasteiger partial charge in [0.1, 0.15) is 5.65 Å². The predicted molar refractivity (Wildman–Crippen MR) is 56.1 cm³/mol. The van der Waals surface area contributed by atoms with Crippen molar-refractivity contribution >= 4 is 11.0 Å². The van der Waals surface area contributed by atoms with E-state index >= 15 is 0 Å². The van der Waals surface area contributed by atoms with E-state index in [1.807, 2.05) is 19.2 Å². The Kier molecular flexibility index (Phi) is 2.50. The number of aryl methyl sites for hydroxylation is 1. The molecule has 3 nitrogen and oxygen atoms in total. The molecule has 2 heterocycles. The maximum absolute atomic E-state index is 9.20. The molecule has 2 aromatic heterocycles. The number of pyridine rings is 1. The van der Waals surface area contributed by atoms with Crippen LogP contribution < -0.4 is 0 Å². The largest absolute Gasteiger partial charge is 0.393 e. The average Bonchev–Trinajstić information content (AvgIpc) is 2.58. The summed E-state index contributed by atoms with van der Waals surface area (Å²) < 4.78 is 0. The minimum atomic E-state index is -0.239. The van der Waals surface area contributed by atoms with Gasteiger partial charge in [0.15, 0.2) is 0 Å². The zero-order chi connectivity index (χ0) is 9.97. The first-order valence-corrected chi connectivity index (χ1v) is 4.86.